The molecule has 10 nitrogen and oxygen atoms in total. The molecule has 3 saturated heterocycles. The second kappa shape index (κ2) is 16.3. The van der Waals surface area contributed by atoms with E-state index in [0.29, 0.717) is 35.5 Å². The number of nitrogens with one attached hydrogen (secondary N) is 1. The molecule has 3 heterocycles. The molecule has 1 spiro atoms. The highest BCUT2D eigenvalue weighted by molar-refractivity contribution is 6.30. The van der Waals surface area contributed by atoms with Crippen LogP contribution in [-0.2, 0) is 35.1 Å². The summed E-state index contributed by atoms with van der Waals surface area (Å²) in [5, 5.41) is 14.2. The zero-order valence-electron chi connectivity index (χ0n) is 28.9. The van der Waals surface area contributed by atoms with Gasteiger partial charge in [0.2, 0.25) is 11.8 Å². The van der Waals surface area contributed by atoms with Gasteiger partial charge in [-0.3, -0.25) is 19.2 Å². The third-order valence-corrected chi connectivity index (χ3v) is 10.6. The molecule has 52 heavy (non-hydrogen) atoms. The number of esters is 1. The van der Waals surface area contributed by atoms with Crippen LogP contribution in [-0.4, -0.2) is 77.2 Å². The smallest absolute Gasteiger partial charge is 0.313 e. The second-order valence-electron chi connectivity index (χ2n) is 13.5. The fourth-order valence-electron chi connectivity index (χ4n) is 8.03. The maximum Gasteiger partial charge on any atom is 0.313 e. The van der Waals surface area contributed by atoms with Crippen molar-refractivity contribution in [2.45, 2.75) is 62.0 Å². The molecule has 0 aliphatic carbocycles. The van der Waals surface area contributed by atoms with E-state index in [0.717, 1.165) is 5.56 Å². The maximum absolute atomic E-state index is 15.0. The minimum Gasteiger partial charge on any atom is -0.455 e. The summed E-state index contributed by atoms with van der Waals surface area (Å²) in [7, 11) is 0. The van der Waals surface area contributed by atoms with Gasteiger partial charge in [-0.25, -0.2) is 0 Å². The molecule has 0 unspecified atom stereocenters. The predicted molar refractivity (Wildman–Crippen MR) is 197 cm³/mol. The first-order chi connectivity index (χ1) is 25.2. The highest BCUT2D eigenvalue weighted by Crippen LogP contribution is 2.59. The molecule has 0 saturated carbocycles. The number of aliphatic hydroxyl groups is 1. The van der Waals surface area contributed by atoms with Crippen LogP contribution in [0.25, 0.3) is 0 Å². The number of fused-ring (bicyclic) bond motifs is 1. The van der Waals surface area contributed by atoms with Crippen LogP contribution in [0.5, 0.6) is 0 Å². The molecule has 0 radical (unpaired) electrons. The summed E-state index contributed by atoms with van der Waals surface area (Å²) in [6.07, 6.45) is 3.58. The van der Waals surface area contributed by atoms with E-state index in [1.807, 2.05) is 60.7 Å². The zero-order valence-corrected chi connectivity index (χ0v) is 29.7. The molecule has 3 aromatic carbocycles. The van der Waals surface area contributed by atoms with Crippen molar-refractivity contribution in [2.24, 2.45) is 11.8 Å². The van der Waals surface area contributed by atoms with E-state index in [-0.39, 0.29) is 31.8 Å². The molecule has 3 aromatic rings. The SMILES string of the molecule is C=CCCC(=O)NC[C@@H](OC(=O)[C@@H]1[C@@H]2CC[C@]3(O2)[C@H](C(=O)N(CC=C)c2ccc(Cl)cc2)N([C@@H](CO)Cc2ccccc2)C(=O)[C@@H]13)c1ccccc1. The Bertz CT molecular complexity index is 1770. The van der Waals surface area contributed by atoms with Crippen molar-refractivity contribution in [3.05, 3.63) is 126 Å². The number of anilines is 1. The zero-order chi connectivity index (χ0) is 36.8. The molecule has 2 N–H and O–H groups in total. The lowest BCUT2D eigenvalue weighted by molar-refractivity contribution is -0.161. The molecule has 3 aliphatic rings. The van der Waals surface area contributed by atoms with Crippen molar-refractivity contribution in [2.75, 3.05) is 24.6 Å². The molecular formula is C41H44ClN3O7. The Balaban J connectivity index is 1.36. The number of aliphatic hydroxyl groups excluding tert-OH is 1. The van der Waals surface area contributed by atoms with Gasteiger partial charge in [0.1, 0.15) is 17.7 Å². The number of carbonyl (C=O) groups excluding carboxylic acids is 4. The molecule has 3 fully saturated rings. The summed E-state index contributed by atoms with van der Waals surface area (Å²) >= 11 is 6.19. The van der Waals surface area contributed by atoms with Gasteiger partial charge in [0.15, 0.2) is 0 Å². The van der Waals surface area contributed by atoms with Crippen LogP contribution in [0.4, 0.5) is 5.69 Å². The number of amides is 3. The summed E-state index contributed by atoms with van der Waals surface area (Å²) < 4.78 is 12.9. The van der Waals surface area contributed by atoms with Crippen LogP contribution in [0.15, 0.2) is 110 Å². The van der Waals surface area contributed by atoms with Crippen molar-refractivity contribution in [1.82, 2.24) is 10.2 Å². The van der Waals surface area contributed by atoms with Crippen molar-refractivity contribution in [3.63, 3.8) is 0 Å². The largest absolute Gasteiger partial charge is 0.455 e. The Labute approximate surface area is 309 Å². The van der Waals surface area contributed by atoms with E-state index in [4.69, 9.17) is 21.1 Å². The lowest BCUT2D eigenvalue weighted by Gasteiger charge is -2.39. The van der Waals surface area contributed by atoms with Gasteiger partial charge in [-0.1, -0.05) is 84.4 Å². The fraction of sp³-hybridized carbons (Fsp3) is 0.366. The molecule has 6 rings (SSSR count). The van der Waals surface area contributed by atoms with Gasteiger partial charge in [-0.2, -0.15) is 0 Å². The van der Waals surface area contributed by atoms with E-state index in [9.17, 15) is 24.3 Å². The van der Waals surface area contributed by atoms with Gasteiger partial charge in [0.25, 0.3) is 5.91 Å². The highest BCUT2D eigenvalue weighted by Gasteiger charge is 2.75. The lowest BCUT2D eigenvalue weighted by Crippen LogP contribution is -2.59. The summed E-state index contributed by atoms with van der Waals surface area (Å²) in [6, 6.07) is 23.4. The number of benzene rings is 3. The number of hydrogen-bond acceptors (Lipinski definition) is 7. The number of ether oxygens (including phenoxy) is 2. The molecule has 3 aliphatic heterocycles. The number of halogens is 1. The minimum atomic E-state index is -1.35. The quantitative estimate of drug-likeness (QED) is 0.154. The molecular weight excluding hydrogens is 682 g/mol. The average molecular weight is 726 g/mol. The van der Waals surface area contributed by atoms with E-state index in [1.54, 1.807) is 36.4 Å². The summed E-state index contributed by atoms with van der Waals surface area (Å²) in [4.78, 5) is 59.7. The summed E-state index contributed by atoms with van der Waals surface area (Å²) in [6.45, 7) is 7.28. The average Bonchev–Trinajstić information content (AvgIpc) is 3.82. The number of rotatable bonds is 16. The Kier molecular flexibility index (Phi) is 11.6. The van der Waals surface area contributed by atoms with E-state index >= 15 is 0 Å². The Hall–Kier alpha value is -4.77. The maximum atomic E-state index is 15.0. The molecule has 2 bridgehead atoms. The van der Waals surface area contributed by atoms with Crippen molar-refractivity contribution >= 4 is 41.0 Å². The third kappa shape index (κ3) is 7.28. The molecule has 3 amide bonds. The summed E-state index contributed by atoms with van der Waals surface area (Å²) in [5.74, 6) is -3.75. The topological polar surface area (TPSA) is 125 Å². The third-order valence-electron chi connectivity index (χ3n) is 10.4. The Morgan fingerprint density at radius 1 is 1.04 bits per heavy atom. The number of nitrogens with zero attached hydrogens (tertiary/aromatic N) is 2. The number of likely N-dealkylation sites (tertiary alicyclic amines) is 1. The number of hydrogen-bond donors (Lipinski definition) is 2. The van der Waals surface area contributed by atoms with Gasteiger partial charge in [-0.05, 0) is 61.1 Å². The van der Waals surface area contributed by atoms with E-state index < -0.39 is 66.1 Å². The standard InChI is InChI=1S/C41H44ClN3O7/c1-3-5-16-34(47)43-25-33(28-14-10-7-11-15-28)51-40(50)35-32-21-22-41(52-32)36(35)38(48)45(31(26-46)24-27-12-8-6-9-13-27)37(41)39(49)44(23-4-2)30-19-17-29(42)18-20-30/h3-4,6-15,17-20,31-33,35-37,46H,1-2,5,16,21-26H2,(H,43,47)/t31-,32+,33-,35-,36-,37+,41-/m1/s1. The number of allylic oxidation sites excluding steroid dienone is 1. The number of carbonyl (C=O) groups is 4. The van der Waals surface area contributed by atoms with E-state index in [1.165, 1.54) is 9.80 Å². The Morgan fingerprint density at radius 3 is 2.38 bits per heavy atom. The van der Waals surface area contributed by atoms with Gasteiger partial charge < -0.3 is 29.7 Å². The van der Waals surface area contributed by atoms with Gasteiger partial charge in [-0.15, -0.1) is 13.2 Å². The summed E-state index contributed by atoms with van der Waals surface area (Å²) in [5.41, 5.74) is 0.754. The first-order valence-electron chi connectivity index (χ1n) is 17.7. The highest BCUT2D eigenvalue weighted by atomic mass is 35.5. The van der Waals surface area contributed by atoms with Crippen molar-refractivity contribution in [1.29, 1.82) is 0 Å². The minimum absolute atomic E-state index is 0.0300. The van der Waals surface area contributed by atoms with Crippen LogP contribution in [0.2, 0.25) is 5.02 Å². The van der Waals surface area contributed by atoms with E-state index in [2.05, 4.69) is 18.5 Å². The Morgan fingerprint density at radius 2 is 1.73 bits per heavy atom. The first kappa shape index (κ1) is 37.0. The first-order valence-corrected chi connectivity index (χ1v) is 18.1. The molecule has 11 heteroatoms. The van der Waals surface area contributed by atoms with Crippen molar-refractivity contribution in [3.8, 4) is 0 Å². The molecule has 272 valence electrons. The van der Waals surface area contributed by atoms with Crippen LogP contribution < -0.4 is 10.2 Å². The second-order valence-corrected chi connectivity index (χ2v) is 13.9. The fourth-order valence-corrected chi connectivity index (χ4v) is 8.16. The normalized spacial score (nSPS) is 24.1. The monoisotopic (exact) mass is 725 g/mol. The van der Waals surface area contributed by atoms with Crippen molar-refractivity contribution < 1.29 is 33.8 Å². The van der Waals surface area contributed by atoms with Crippen LogP contribution in [0, 0.1) is 11.8 Å². The van der Waals surface area contributed by atoms with Gasteiger partial charge in [0, 0.05) is 23.7 Å². The lowest BCUT2D eigenvalue weighted by atomic mass is 9.70. The van der Waals surface area contributed by atoms with Gasteiger partial charge >= 0.3 is 5.97 Å². The predicted octanol–water partition coefficient (Wildman–Crippen LogP) is 5.20. The van der Waals surface area contributed by atoms with Gasteiger partial charge in [0.05, 0.1) is 37.1 Å². The van der Waals surface area contributed by atoms with Crippen LogP contribution in [0.1, 0.15) is 42.9 Å². The van der Waals surface area contributed by atoms with Crippen LogP contribution >= 0.6 is 11.6 Å². The molecule has 7 atom stereocenters. The van der Waals surface area contributed by atoms with Crippen LogP contribution in [0.3, 0.4) is 0 Å². The molecule has 0 aromatic heterocycles.